The minimum absolute atomic E-state index is 0.0251. The Morgan fingerprint density at radius 3 is 2.80 bits per heavy atom. The molecule has 1 saturated heterocycles. The van der Waals surface area contributed by atoms with Crippen LogP contribution in [0.1, 0.15) is 17.3 Å². The molecule has 12 nitrogen and oxygen atoms in total. The van der Waals surface area contributed by atoms with Crippen molar-refractivity contribution in [1.82, 2.24) is 19.1 Å². The van der Waals surface area contributed by atoms with Crippen molar-refractivity contribution in [3.05, 3.63) is 63.7 Å². The SMILES string of the molecule is C[C@H]1COCCN1c1cc(NC(=O)Cn2cc(-c3cc(Cl)c(O)c(C(N)=O)c3)c3c(=O)n(C)cnc32)c(F)cn1. The van der Waals surface area contributed by atoms with Crippen LogP contribution in [0.3, 0.4) is 0 Å². The lowest BCUT2D eigenvalue weighted by Crippen LogP contribution is -2.44. The molecule has 5 rings (SSSR count). The van der Waals surface area contributed by atoms with Gasteiger partial charge < -0.3 is 34.9 Å². The number of halogens is 2. The van der Waals surface area contributed by atoms with Crippen molar-refractivity contribution in [3.63, 3.8) is 0 Å². The molecule has 4 aromatic rings. The Balaban J connectivity index is 1.50. The van der Waals surface area contributed by atoms with Crippen molar-refractivity contribution in [2.75, 3.05) is 30.0 Å². The summed E-state index contributed by atoms with van der Waals surface area (Å²) in [5.74, 6) is -2.20. The van der Waals surface area contributed by atoms with E-state index in [2.05, 4.69) is 15.3 Å². The highest BCUT2D eigenvalue weighted by Gasteiger charge is 2.23. The number of carbonyl (C=O) groups is 2. The van der Waals surface area contributed by atoms with E-state index in [0.717, 1.165) is 6.20 Å². The van der Waals surface area contributed by atoms with Crippen molar-refractivity contribution >= 4 is 46.0 Å². The molecule has 1 atom stereocenters. The smallest absolute Gasteiger partial charge is 0.263 e. The number of nitrogens with one attached hydrogen (secondary N) is 1. The van der Waals surface area contributed by atoms with Gasteiger partial charge in [-0.05, 0) is 24.6 Å². The second-order valence-corrected chi connectivity index (χ2v) is 9.84. The lowest BCUT2D eigenvalue weighted by molar-refractivity contribution is -0.116. The number of fused-ring (bicyclic) bond motifs is 1. The number of nitrogens with zero attached hydrogens (tertiary/aromatic N) is 5. The summed E-state index contributed by atoms with van der Waals surface area (Å²) >= 11 is 6.13. The zero-order chi connectivity index (χ0) is 28.7. The van der Waals surface area contributed by atoms with Crippen LogP contribution in [0.4, 0.5) is 15.9 Å². The van der Waals surface area contributed by atoms with Crippen LogP contribution < -0.4 is 21.5 Å². The number of aromatic hydroxyl groups is 1. The van der Waals surface area contributed by atoms with E-state index in [4.69, 9.17) is 22.1 Å². The summed E-state index contributed by atoms with van der Waals surface area (Å²) in [5, 5.41) is 12.7. The van der Waals surface area contributed by atoms with Gasteiger partial charge in [0.05, 0.1) is 53.4 Å². The number of aryl methyl sites for hydroxylation is 1. The summed E-state index contributed by atoms with van der Waals surface area (Å²) in [5.41, 5.74) is 5.46. The second kappa shape index (κ2) is 10.6. The Bertz CT molecular complexity index is 1720. The zero-order valence-corrected chi connectivity index (χ0v) is 22.3. The largest absolute Gasteiger partial charge is 0.506 e. The van der Waals surface area contributed by atoms with Crippen molar-refractivity contribution in [1.29, 1.82) is 0 Å². The molecule has 4 heterocycles. The quantitative estimate of drug-likeness (QED) is 0.319. The number of rotatable bonds is 6. The molecule has 0 aliphatic carbocycles. The van der Waals surface area contributed by atoms with Gasteiger partial charge in [0.2, 0.25) is 5.91 Å². The van der Waals surface area contributed by atoms with Gasteiger partial charge in [-0.2, -0.15) is 0 Å². The molecule has 40 heavy (non-hydrogen) atoms. The highest BCUT2D eigenvalue weighted by atomic mass is 35.5. The number of anilines is 2. The summed E-state index contributed by atoms with van der Waals surface area (Å²) in [6.45, 7) is 3.22. The lowest BCUT2D eigenvalue weighted by atomic mass is 10.0. The van der Waals surface area contributed by atoms with E-state index in [9.17, 15) is 23.9 Å². The van der Waals surface area contributed by atoms with E-state index in [1.165, 1.54) is 46.9 Å². The fourth-order valence-corrected chi connectivity index (χ4v) is 4.86. The monoisotopic (exact) mass is 569 g/mol. The van der Waals surface area contributed by atoms with Crippen LogP contribution in [0.25, 0.3) is 22.2 Å². The Labute approximate surface area is 231 Å². The van der Waals surface area contributed by atoms with Gasteiger partial charge in [-0.15, -0.1) is 0 Å². The second-order valence-electron chi connectivity index (χ2n) is 9.44. The minimum Gasteiger partial charge on any atom is -0.506 e. The van der Waals surface area contributed by atoms with Gasteiger partial charge in [0.1, 0.15) is 23.8 Å². The molecule has 14 heteroatoms. The van der Waals surface area contributed by atoms with Gasteiger partial charge in [0.25, 0.3) is 11.5 Å². The number of nitrogens with two attached hydrogens (primary N) is 1. The third-order valence-corrected chi connectivity index (χ3v) is 6.96. The van der Waals surface area contributed by atoms with Crippen molar-refractivity contribution in [2.24, 2.45) is 12.8 Å². The number of primary amides is 1. The average Bonchev–Trinajstić information content (AvgIpc) is 3.27. The molecule has 0 saturated carbocycles. The summed E-state index contributed by atoms with van der Waals surface area (Å²) in [6, 6.07) is 4.16. The summed E-state index contributed by atoms with van der Waals surface area (Å²) in [4.78, 5) is 48.5. The first kappa shape index (κ1) is 27.1. The normalized spacial score (nSPS) is 15.4. The molecular formula is C26H25ClFN7O5. The highest BCUT2D eigenvalue weighted by Crippen LogP contribution is 2.36. The molecular weight excluding hydrogens is 545 g/mol. The molecule has 208 valence electrons. The Hall–Kier alpha value is -4.49. The van der Waals surface area contributed by atoms with Crippen LogP contribution in [0.2, 0.25) is 5.02 Å². The number of phenols is 1. The third-order valence-electron chi connectivity index (χ3n) is 6.67. The van der Waals surface area contributed by atoms with E-state index in [-0.39, 0.29) is 39.9 Å². The molecule has 1 fully saturated rings. The summed E-state index contributed by atoms with van der Waals surface area (Å²) in [7, 11) is 1.51. The van der Waals surface area contributed by atoms with Crippen molar-refractivity contribution in [3.8, 4) is 16.9 Å². The van der Waals surface area contributed by atoms with Gasteiger partial charge in [0, 0.05) is 31.4 Å². The Morgan fingerprint density at radius 1 is 1.30 bits per heavy atom. The maximum Gasteiger partial charge on any atom is 0.263 e. The molecule has 0 radical (unpaired) electrons. The van der Waals surface area contributed by atoms with Crippen LogP contribution >= 0.6 is 11.6 Å². The number of hydrogen-bond acceptors (Lipinski definition) is 8. The fourth-order valence-electron chi connectivity index (χ4n) is 4.64. The maximum atomic E-state index is 14.6. The zero-order valence-electron chi connectivity index (χ0n) is 21.5. The standard InChI is InChI=1S/C26H25ClFN7O5/c1-13-11-40-4-3-35(13)20-7-19(18(28)8-30-20)32-21(36)10-34-9-16(22-25(34)31-12-33(2)26(22)39)14-5-15(24(29)38)23(37)17(27)6-14/h5-9,12-13,37H,3-4,10-11H2,1-2H3,(H2,29,38)(H,30,32,36)/t13-/m0/s1. The number of pyridine rings is 1. The van der Waals surface area contributed by atoms with E-state index in [1.807, 2.05) is 11.8 Å². The van der Waals surface area contributed by atoms with Gasteiger partial charge in [0.15, 0.2) is 5.82 Å². The van der Waals surface area contributed by atoms with Crippen LogP contribution in [-0.4, -0.2) is 61.8 Å². The molecule has 4 N–H and O–H groups in total. The fraction of sp³-hybridized carbons (Fsp3) is 0.269. The Kier molecular flexibility index (Phi) is 7.17. The molecule has 0 spiro atoms. The van der Waals surface area contributed by atoms with E-state index < -0.39 is 28.9 Å². The van der Waals surface area contributed by atoms with Crippen molar-refractivity contribution < 1.29 is 23.8 Å². The Morgan fingerprint density at radius 2 is 2.08 bits per heavy atom. The molecule has 2 amide bonds. The first-order valence-corrected chi connectivity index (χ1v) is 12.6. The van der Waals surface area contributed by atoms with E-state index in [1.54, 1.807) is 0 Å². The topological polar surface area (TPSA) is 158 Å². The summed E-state index contributed by atoms with van der Waals surface area (Å²) in [6.07, 6.45) is 3.85. The number of benzene rings is 1. The van der Waals surface area contributed by atoms with Gasteiger partial charge in [-0.3, -0.25) is 14.4 Å². The predicted molar refractivity (Wildman–Crippen MR) is 146 cm³/mol. The molecule has 1 aliphatic heterocycles. The van der Waals surface area contributed by atoms with Crippen LogP contribution in [0.5, 0.6) is 5.75 Å². The van der Waals surface area contributed by atoms with Crippen LogP contribution in [-0.2, 0) is 23.1 Å². The first-order valence-electron chi connectivity index (χ1n) is 12.2. The number of amides is 2. The molecule has 1 aliphatic rings. The maximum absolute atomic E-state index is 14.6. The van der Waals surface area contributed by atoms with Gasteiger partial charge in [-0.25, -0.2) is 14.4 Å². The van der Waals surface area contributed by atoms with Gasteiger partial charge >= 0.3 is 0 Å². The number of hydrogen-bond donors (Lipinski definition) is 3. The highest BCUT2D eigenvalue weighted by molar-refractivity contribution is 6.33. The van der Waals surface area contributed by atoms with Crippen LogP contribution in [0.15, 0.2) is 41.7 Å². The average molecular weight is 570 g/mol. The van der Waals surface area contributed by atoms with E-state index >= 15 is 0 Å². The molecule has 3 aromatic heterocycles. The third kappa shape index (κ3) is 4.96. The number of morpholine rings is 1. The van der Waals surface area contributed by atoms with Crippen LogP contribution in [0, 0.1) is 5.82 Å². The van der Waals surface area contributed by atoms with E-state index in [0.29, 0.717) is 36.7 Å². The number of ether oxygens (including phenoxy) is 1. The molecule has 0 bridgehead atoms. The minimum atomic E-state index is -0.916. The summed E-state index contributed by atoms with van der Waals surface area (Å²) < 4.78 is 22.8. The predicted octanol–water partition coefficient (Wildman–Crippen LogP) is 2.26. The molecule has 1 aromatic carbocycles. The molecule has 0 unspecified atom stereocenters. The first-order chi connectivity index (χ1) is 19.0. The lowest BCUT2D eigenvalue weighted by Gasteiger charge is -2.34. The van der Waals surface area contributed by atoms with Gasteiger partial charge in [-0.1, -0.05) is 11.6 Å². The number of carbonyl (C=O) groups excluding carboxylic acids is 2. The number of aromatic nitrogens is 4. The van der Waals surface area contributed by atoms with Crippen molar-refractivity contribution in [2.45, 2.75) is 19.5 Å².